The number of carbonyl (C=O) groups excluding carboxylic acids is 1. The monoisotopic (exact) mass is 430 g/mol. The molecule has 8 nitrogen and oxygen atoms in total. The molecule has 164 valence electrons. The molecule has 1 amide bonds. The topological polar surface area (TPSA) is 85.2 Å². The molecule has 0 bridgehead atoms. The van der Waals surface area contributed by atoms with Crippen molar-refractivity contribution in [3.05, 3.63) is 61.1 Å². The van der Waals surface area contributed by atoms with Gasteiger partial charge in [-0.25, -0.2) is 9.78 Å². The Morgan fingerprint density at radius 1 is 1.06 bits per heavy atom. The molecule has 2 aromatic heterocycles. The molecule has 2 heterocycles. The lowest BCUT2D eigenvalue weighted by Gasteiger charge is -2.25. The van der Waals surface area contributed by atoms with Crippen LogP contribution < -0.4 is 10.2 Å². The molecule has 0 fully saturated rings. The third kappa shape index (κ3) is 4.85. The molecule has 0 spiro atoms. The van der Waals surface area contributed by atoms with Crippen LogP contribution in [-0.4, -0.2) is 38.5 Å². The lowest BCUT2D eigenvalue weighted by atomic mass is 10.2. The highest BCUT2D eigenvalue weighted by molar-refractivity contribution is 5.88. The molecule has 0 aliphatic rings. The van der Waals surface area contributed by atoms with Crippen molar-refractivity contribution >= 4 is 34.2 Å². The van der Waals surface area contributed by atoms with E-state index in [1.54, 1.807) is 24.1 Å². The lowest BCUT2D eigenvalue weighted by molar-refractivity contribution is 0.0589. The molecular formula is C24H26N6O2. The van der Waals surface area contributed by atoms with Crippen LogP contribution in [0.5, 0.6) is 0 Å². The first-order valence-corrected chi connectivity index (χ1v) is 10.3. The third-order valence-corrected chi connectivity index (χ3v) is 4.73. The van der Waals surface area contributed by atoms with Gasteiger partial charge in [0.1, 0.15) is 5.60 Å². The van der Waals surface area contributed by atoms with E-state index in [4.69, 9.17) is 9.72 Å². The van der Waals surface area contributed by atoms with Gasteiger partial charge in [-0.05, 0) is 57.2 Å². The van der Waals surface area contributed by atoms with Crippen LogP contribution in [-0.2, 0) is 11.8 Å². The van der Waals surface area contributed by atoms with Crippen LogP contribution >= 0.6 is 0 Å². The minimum Gasteiger partial charge on any atom is -0.443 e. The minimum absolute atomic E-state index is 0.404. The summed E-state index contributed by atoms with van der Waals surface area (Å²) in [6.45, 7) is 5.54. The normalized spacial score (nSPS) is 11.4. The van der Waals surface area contributed by atoms with Crippen molar-refractivity contribution in [2.24, 2.45) is 7.05 Å². The molecule has 0 aliphatic carbocycles. The fourth-order valence-corrected chi connectivity index (χ4v) is 3.18. The van der Waals surface area contributed by atoms with Crippen molar-refractivity contribution in [2.75, 3.05) is 17.3 Å². The molecule has 32 heavy (non-hydrogen) atoms. The van der Waals surface area contributed by atoms with E-state index in [9.17, 15) is 4.79 Å². The van der Waals surface area contributed by atoms with Gasteiger partial charge >= 0.3 is 6.09 Å². The van der Waals surface area contributed by atoms with E-state index in [1.165, 1.54) is 4.90 Å². The van der Waals surface area contributed by atoms with Crippen LogP contribution in [0.1, 0.15) is 20.8 Å². The summed E-state index contributed by atoms with van der Waals surface area (Å²) in [7, 11) is 3.56. The standard InChI is InChI=1S/C24H26N6O2/c1-24(2,3)32-23(31)30(5)19-8-6-7-17(11-19)27-18-9-10-20-21(12-18)28-22(14-25-20)16-13-26-29(4)15-16/h6-15,27H,1-5H3. The highest BCUT2D eigenvalue weighted by Gasteiger charge is 2.20. The maximum Gasteiger partial charge on any atom is 0.414 e. The second kappa shape index (κ2) is 8.30. The molecule has 0 radical (unpaired) electrons. The number of ether oxygens (including phenoxy) is 1. The largest absolute Gasteiger partial charge is 0.443 e. The summed E-state index contributed by atoms with van der Waals surface area (Å²) >= 11 is 0. The lowest BCUT2D eigenvalue weighted by Crippen LogP contribution is -2.34. The van der Waals surface area contributed by atoms with Crippen LogP contribution in [0, 0.1) is 0 Å². The van der Waals surface area contributed by atoms with Crippen molar-refractivity contribution in [3.8, 4) is 11.3 Å². The van der Waals surface area contributed by atoms with Gasteiger partial charge in [-0.3, -0.25) is 14.6 Å². The molecule has 0 unspecified atom stereocenters. The summed E-state index contributed by atoms with van der Waals surface area (Å²) < 4.78 is 7.19. The Morgan fingerprint density at radius 3 is 2.56 bits per heavy atom. The number of nitrogens with zero attached hydrogens (tertiary/aromatic N) is 5. The van der Waals surface area contributed by atoms with Crippen LogP contribution in [0.2, 0.25) is 0 Å². The summed E-state index contributed by atoms with van der Waals surface area (Å²) in [6, 6.07) is 13.4. The van der Waals surface area contributed by atoms with E-state index in [0.717, 1.165) is 39.4 Å². The predicted octanol–water partition coefficient (Wildman–Crippen LogP) is 5.15. The maximum absolute atomic E-state index is 12.4. The van der Waals surface area contributed by atoms with E-state index in [0.29, 0.717) is 0 Å². The molecule has 2 aromatic carbocycles. The smallest absolute Gasteiger partial charge is 0.414 e. The number of hydrogen-bond donors (Lipinski definition) is 1. The average Bonchev–Trinajstić information content (AvgIpc) is 3.18. The number of nitrogens with one attached hydrogen (secondary N) is 1. The van der Waals surface area contributed by atoms with Crippen LogP contribution in [0.3, 0.4) is 0 Å². The quantitative estimate of drug-likeness (QED) is 0.482. The van der Waals surface area contributed by atoms with Gasteiger partial charge in [0, 0.05) is 42.9 Å². The van der Waals surface area contributed by atoms with Crippen LogP contribution in [0.15, 0.2) is 61.1 Å². The Labute approximate surface area is 186 Å². The molecule has 0 atom stereocenters. The van der Waals surface area contributed by atoms with E-state index in [1.807, 2.05) is 76.5 Å². The van der Waals surface area contributed by atoms with Crippen LogP contribution in [0.4, 0.5) is 21.9 Å². The maximum atomic E-state index is 12.4. The Balaban J connectivity index is 1.56. The van der Waals surface area contributed by atoms with E-state index in [2.05, 4.69) is 15.4 Å². The van der Waals surface area contributed by atoms with Gasteiger partial charge in [0.05, 0.1) is 29.1 Å². The molecular weight excluding hydrogens is 404 g/mol. The molecule has 0 saturated carbocycles. The number of amides is 1. The van der Waals surface area contributed by atoms with Gasteiger partial charge in [0.25, 0.3) is 0 Å². The van der Waals surface area contributed by atoms with E-state index in [-0.39, 0.29) is 0 Å². The van der Waals surface area contributed by atoms with Crippen LogP contribution in [0.25, 0.3) is 22.3 Å². The van der Waals surface area contributed by atoms with Crippen molar-refractivity contribution in [3.63, 3.8) is 0 Å². The molecule has 8 heteroatoms. The van der Waals surface area contributed by atoms with Crippen molar-refractivity contribution in [1.82, 2.24) is 19.7 Å². The third-order valence-electron chi connectivity index (χ3n) is 4.73. The highest BCUT2D eigenvalue weighted by atomic mass is 16.6. The predicted molar refractivity (Wildman–Crippen MR) is 126 cm³/mol. The fourth-order valence-electron chi connectivity index (χ4n) is 3.18. The zero-order valence-corrected chi connectivity index (χ0v) is 18.8. The van der Waals surface area contributed by atoms with Gasteiger partial charge in [-0.1, -0.05) is 6.07 Å². The number of aromatic nitrogens is 4. The average molecular weight is 431 g/mol. The van der Waals surface area contributed by atoms with Gasteiger partial charge in [0.2, 0.25) is 0 Å². The second-order valence-electron chi connectivity index (χ2n) is 8.58. The first-order valence-electron chi connectivity index (χ1n) is 10.3. The summed E-state index contributed by atoms with van der Waals surface area (Å²) in [4.78, 5) is 23.1. The van der Waals surface area contributed by atoms with Gasteiger partial charge < -0.3 is 10.1 Å². The van der Waals surface area contributed by atoms with Crippen molar-refractivity contribution in [2.45, 2.75) is 26.4 Å². The molecule has 0 saturated heterocycles. The Kier molecular flexibility index (Phi) is 5.52. The number of anilines is 3. The summed E-state index contributed by atoms with van der Waals surface area (Å²) in [5, 5.41) is 7.58. The fraction of sp³-hybridized carbons (Fsp3) is 0.250. The number of carbonyl (C=O) groups is 1. The van der Waals surface area contributed by atoms with Gasteiger partial charge in [-0.2, -0.15) is 5.10 Å². The number of benzene rings is 2. The highest BCUT2D eigenvalue weighted by Crippen LogP contribution is 2.26. The van der Waals surface area contributed by atoms with Crippen molar-refractivity contribution in [1.29, 1.82) is 0 Å². The molecule has 4 aromatic rings. The molecule has 1 N–H and O–H groups in total. The Morgan fingerprint density at radius 2 is 1.84 bits per heavy atom. The zero-order chi connectivity index (χ0) is 22.9. The second-order valence-corrected chi connectivity index (χ2v) is 8.58. The van der Waals surface area contributed by atoms with Gasteiger partial charge in [-0.15, -0.1) is 0 Å². The minimum atomic E-state index is -0.554. The SMILES string of the molecule is CN(C(=O)OC(C)(C)C)c1cccc(Nc2ccc3ncc(-c4cnn(C)c4)nc3c2)c1. The number of fused-ring (bicyclic) bond motifs is 1. The van der Waals surface area contributed by atoms with Crippen molar-refractivity contribution < 1.29 is 9.53 Å². The number of hydrogen-bond acceptors (Lipinski definition) is 6. The van der Waals surface area contributed by atoms with E-state index < -0.39 is 11.7 Å². The van der Waals surface area contributed by atoms with Gasteiger partial charge in [0.15, 0.2) is 0 Å². The van der Waals surface area contributed by atoms with E-state index >= 15 is 0 Å². The Bertz CT molecular complexity index is 1270. The summed E-state index contributed by atoms with van der Waals surface area (Å²) in [5.41, 5.74) is 5.15. The first-order chi connectivity index (χ1) is 15.2. The zero-order valence-electron chi connectivity index (χ0n) is 18.8. The number of rotatable bonds is 4. The molecule has 4 rings (SSSR count). The summed E-state index contributed by atoms with van der Waals surface area (Å²) in [6.07, 6.45) is 5.02. The first kappa shape index (κ1) is 21.3. The Hall–Kier alpha value is -3.94. The molecule has 0 aliphatic heterocycles. The summed E-state index contributed by atoms with van der Waals surface area (Å²) in [5.74, 6) is 0. The number of aryl methyl sites for hydroxylation is 1.